The lowest BCUT2D eigenvalue weighted by Gasteiger charge is -2.17. The predicted octanol–water partition coefficient (Wildman–Crippen LogP) is 4.69. The summed E-state index contributed by atoms with van der Waals surface area (Å²) in [6.45, 7) is 0. The first-order valence-corrected chi connectivity index (χ1v) is 6.81. The summed E-state index contributed by atoms with van der Waals surface area (Å²) in [5.74, 6) is 0.623. The second-order valence-electron chi connectivity index (χ2n) is 5.27. The van der Waals surface area contributed by atoms with Crippen LogP contribution in [0.4, 0.5) is 0 Å². The molecule has 1 unspecified atom stereocenters. The number of benzene rings is 2. The second-order valence-corrected chi connectivity index (χ2v) is 5.27. The van der Waals surface area contributed by atoms with Crippen molar-refractivity contribution in [2.45, 2.75) is 25.2 Å². The fourth-order valence-corrected chi connectivity index (χ4v) is 3.53. The highest BCUT2D eigenvalue weighted by atomic mass is 14.3. The maximum Gasteiger partial charge on any atom is 0.0107 e. The van der Waals surface area contributed by atoms with Crippen LogP contribution in [0.1, 0.15) is 35.4 Å². The molecule has 1 atom stereocenters. The predicted molar refractivity (Wildman–Crippen MR) is 75.8 cm³/mol. The summed E-state index contributed by atoms with van der Waals surface area (Å²) in [5.41, 5.74) is 7.59. The Bertz CT molecular complexity index is 634. The van der Waals surface area contributed by atoms with Crippen molar-refractivity contribution < 1.29 is 0 Å². The number of allylic oxidation sites excluding steroid dienone is 2. The SMILES string of the molecule is C1=C\Cc2cccc3c2C(CC/1)c1ccccc1-3. The molecule has 0 nitrogen and oxygen atoms in total. The van der Waals surface area contributed by atoms with Gasteiger partial charge in [-0.05, 0) is 47.1 Å². The van der Waals surface area contributed by atoms with Crippen LogP contribution in [0.25, 0.3) is 11.1 Å². The molecular formula is C18H16. The maximum atomic E-state index is 2.34. The van der Waals surface area contributed by atoms with E-state index in [9.17, 15) is 0 Å². The average Bonchev–Trinajstić information content (AvgIpc) is 2.70. The molecule has 18 heavy (non-hydrogen) atoms. The van der Waals surface area contributed by atoms with E-state index in [2.05, 4.69) is 54.6 Å². The molecule has 2 aliphatic rings. The molecule has 0 saturated heterocycles. The van der Waals surface area contributed by atoms with Crippen molar-refractivity contribution in [1.29, 1.82) is 0 Å². The largest absolute Gasteiger partial charge is 0.0882 e. The van der Waals surface area contributed by atoms with Gasteiger partial charge in [-0.2, -0.15) is 0 Å². The molecule has 2 aromatic carbocycles. The summed E-state index contributed by atoms with van der Waals surface area (Å²) in [6, 6.07) is 15.7. The molecule has 0 radical (unpaired) electrons. The molecule has 0 aromatic heterocycles. The lowest BCUT2D eigenvalue weighted by molar-refractivity contribution is 0.730. The Kier molecular flexibility index (Phi) is 2.16. The van der Waals surface area contributed by atoms with Gasteiger partial charge in [-0.1, -0.05) is 54.6 Å². The highest BCUT2D eigenvalue weighted by molar-refractivity contribution is 5.80. The highest BCUT2D eigenvalue weighted by Gasteiger charge is 2.29. The first-order chi connectivity index (χ1) is 8.95. The van der Waals surface area contributed by atoms with E-state index in [-0.39, 0.29) is 0 Å². The van der Waals surface area contributed by atoms with Crippen LogP contribution in [0.2, 0.25) is 0 Å². The first-order valence-electron chi connectivity index (χ1n) is 6.81. The van der Waals surface area contributed by atoms with Crippen LogP contribution in [0, 0.1) is 0 Å². The monoisotopic (exact) mass is 232 g/mol. The lowest BCUT2D eigenvalue weighted by Crippen LogP contribution is -2.02. The fourth-order valence-electron chi connectivity index (χ4n) is 3.53. The zero-order valence-electron chi connectivity index (χ0n) is 10.4. The summed E-state index contributed by atoms with van der Waals surface area (Å²) >= 11 is 0. The van der Waals surface area contributed by atoms with Crippen molar-refractivity contribution >= 4 is 0 Å². The van der Waals surface area contributed by atoms with E-state index in [1.165, 1.54) is 35.1 Å². The third-order valence-corrected chi connectivity index (χ3v) is 4.30. The average molecular weight is 232 g/mol. The van der Waals surface area contributed by atoms with Crippen molar-refractivity contribution in [3.8, 4) is 11.1 Å². The number of hydrogen-bond acceptors (Lipinski definition) is 0. The van der Waals surface area contributed by atoms with E-state index in [1.54, 1.807) is 5.56 Å². The third kappa shape index (κ3) is 1.32. The Morgan fingerprint density at radius 2 is 1.72 bits per heavy atom. The van der Waals surface area contributed by atoms with E-state index in [1.807, 2.05) is 0 Å². The van der Waals surface area contributed by atoms with E-state index in [0.717, 1.165) is 6.42 Å². The lowest BCUT2D eigenvalue weighted by atomic mass is 9.86. The molecule has 0 bridgehead atoms. The smallest absolute Gasteiger partial charge is 0.0107 e. The molecule has 0 N–H and O–H groups in total. The molecule has 4 rings (SSSR count). The topological polar surface area (TPSA) is 0 Å². The van der Waals surface area contributed by atoms with Gasteiger partial charge in [-0.15, -0.1) is 0 Å². The van der Waals surface area contributed by atoms with Crippen LogP contribution in [0.15, 0.2) is 54.6 Å². The van der Waals surface area contributed by atoms with E-state index in [4.69, 9.17) is 0 Å². The summed E-state index contributed by atoms with van der Waals surface area (Å²) in [5, 5.41) is 0. The quantitative estimate of drug-likeness (QED) is 0.578. The van der Waals surface area contributed by atoms with Crippen LogP contribution in [0.5, 0.6) is 0 Å². The van der Waals surface area contributed by atoms with Crippen molar-refractivity contribution in [3.63, 3.8) is 0 Å². The Hall–Kier alpha value is -1.82. The number of fused-ring (bicyclic) bond motifs is 3. The zero-order valence-corrected chi connectivity index (χ0v) is 10.4. The second kappa shape index (κ2) is 3.84. The van der Waals surface area contributed by atoms with Gasteiger partial charge in [0, 0.05) is 5.92 Å². The highest BCUT2D eigenvalue weighted by Crippen LogP contribution is 2.48. The number of rotatable bonds is 0. The molecule has 2 aliphatic carbocycles. The molecular weight excluding hydrogens is 216 g/mol. The van der Waals surface area contributed by atoms with Gasteiger partial charge < -0.3 is 0 Å². The van der Waals surface area contributed by atoms with Gasteiger partial charge in [-0.3, -0.25) is 0 Å². The molecule has 88 valence electrons. The van der Waals surface area contributed by atoms with Crippen molar-refractivity contribution in [2.24, 2.45) is 0 Å². The molecule has 0 spiro atoms. The summed E-state index contributed by atoms with van der Waals surface area (Å²) in [6.07, 6.45) is 8.21. The molecule has 0 heteroatoms. The Labute approximate surface area is 108 Å². The van der Waals surface area contributed by atoms with Gasteiger partial charge in [0.25, 0.3) is 0 Å². The van der Waals surface area contributed by atoms with E-state index in [0.29, 0.717) is 5.92 Å². The molecule has 0 amide bonds. The molecule has 0 fully saturated rings. The summed E-state index contributed by atoms with van der Waals surface area (Å²) in [7, 11) is 0. The van der Waals surface area contributed by atoms with Crippen LogP contribution in [-0.4, -0.2) is 0 Å². The zero-order chi connectivity index (χ0) is 11.9. The van der Waals surface area contributed by atoms with Crippen molar-refractivity contribution in [2.75, 3.05) is 0 Å². The Morgan fingerprint density at radius 3 is 2.72 bits per heavy atom. The molecule has 2 aromatic rings. The maximum absolute atomic E-state index is 2.34. The number of hydrogen-bond donors (Lipinski definition) is 0. The van der Waals surface area contributed by atoms with Crippen LogP contribution in [0.3, 0.4) is 0 Å². The van der Waals surface area contributed by atoms with Crippen LogP contribution in [-0.2, 0) is 6.42 Å². The van der Waals surface area contributed by atoms with Gasteiger partial charge in [-0.25, -0.2) is 0 Å². The molecule has 0 heterocycles. The van der Waals surface area contributed by atoms with Gasteiger partial charge in [0.2, 0.25) is 0 Å². The fraction of sp³-hybridized carbons (Fsp3) is 0.222. The van der Waals surface area contributed by atoms with Gasteiger partial charge in [0.1, 0.15) is 0 Å². The summed E-state index contributed by atoms with van der Waals surface area (Å²) in [4.78, 5) is 0. The minimum atomic E-state index is 0.623. The summed E-state index contributed by atoms with van der Waals surface area (Å²) < 4.78 is 0. The third-order valence-electron chi connectivity index (χ3n) is 4.30. The van der Waals surface area contributed by atoms with Gasteiger partial charge in [0.05, 0.1) is 0 Å². The first kappa shape index (κ1) is 10.1. The minimum absolute atomic E-state index is 0.623. The van der Waals surface area contributed by atoms with Gasteiger partial charge >= 0.3 is 0 Å². The van der Waals surface area contributed by atoms with Crippen molar-refractivity contribution in [3.05, 3.63) is 71.3 Å². The van der Waals surface area contributed by atoms with Crippen molar-refractivity contribution in [1.82, 2.24) is 0 Å². The van der Waals surface area contributed by atoms with Crippen LogP contribution >= 0.6 is 0 Å². The normalized spacial score (nSPS) is 21.7. The Morgan fingerprint density at radius 1 is 0.833 bits per heavy atom. The van der Waals surface area contributed by atoms with E-state index >= 15 is 0 Å². The minimum Gasteiger partial charge on any atom is -0.0882 e. The van der Waals surface area contributed by atoms with Crippen LogP contribution < -0.4 is 0 Å². The Balaban J connectivity index is 2.03. The van der Waals surface area contributed by atoms with Gasteiger partial charge in [0.15, 0.2) is 0 Å². The molecule has 0 saturated carbocycles. The standard InChI is InChI=1S/C18H16/c1-2-7-13-8-6-12-17-15-10-5-4-9-14(15)16(11-3-1)18(13)17/h1-2,4-6,8-10,12,16H,3,7,11H2/b2-1-. The van der Waals surface area contributed by atoms with E-state index < -0.39 is 0 Å². The molecule has 0 aliphatic heterocycles.